The first-order chi connectivity index (χ1) is 10.1. The monoisotopic (exact) mass is 308 g/mol. The molecule has 4 nitrogen and oxygen atoms in total. The van der Waals surface area contributed by atoms with E-state index in [-0.39, 0.29) is 12.2 Å². The largest absolute Gasteiger partial charge is 0.466 e. The lowest BCUT2D eigenvalue weighted by molar-refractivity contribution is -0.134. The molecule has 1 rings (SSSR count). The smallest absolute Gasteiger partial charge is 0.330 e. The van der Waals surface area contributed by atoms with Gasteiger partial charge in [0.1, 0.15) is 5.60 Å². The molecule has 22 heavy (non-hydrogen) atoms. The van der Waals surface area contributed by atoms with Crippen LogP contribution in [0, 0.1) is 5.41 Å². The van der Waals surface area contributed by atoms with Gasteiger partial charge in [-0.2, -0.15) is 0 Å². The second-order valence-corrected chi connectivity index (χ2v) is 5.87. The van der Waals surface area contributed by atoms with Gasteiger partial charge in [-0.15, -0.1) is 0 Å². The zero-order chi connectivity index (χ0) is 17.6. The van der Waals surface area contributed by atoms with Gasteiger partial charge < -0.3 is 9.84 Å². The lowest BCUT2D eigenvalue weighted by atomic mass is 9.64. The lowest BCUT2D eigenvalue weighted by Crippen LogP contribution is -2.48. The molecule has 0 aromatic rings. The highest BCUT2D eigenvalue weighted by Crippen LogP contribution is 2.44. The maximum absolute atomic E-state index is 11.6. The van der Waals surface area contributed by atoms with Crippen LogP contribution in [-0.2, 0) is 14.3 Å². The summed E-state index contributed by atoms with van der Waals surface area (Å²) in [6.07, 6.45) is 6.42. The third kappa shape index (κ3) is 4.67. The molecule has 0 radical (unpaired) electrons. The summed E-state index contributed by atoms with van der Waals surface area (Å²) in [5.41, 5.74) is -0.511. The predicted octanol–water partition coefficient (Wildman–Crippen LogP) is 3.36. The normalized spacial score (nSPS) is 24.5. The van der Waals surface area contributed by atoms with E-state index in [2.05, 4.69) is 4.74 Å². The highest BCUT2D eigenvalue weighted by molar-refractivity contribution is 5.92. The van der Waals surface area contributed by atoms with E-state index in [0.29, 0.717) is 11.1 Å². The minimum Gasteiger partial charge on any atom is -0.466 e. The summed E-state index contributed by atoms with van der Waals surface area (Å²) < 4.78 is 4.55. The quantitative estimate of drug-likeness (QED) is 0.493. The summed E-state index contributed by atoms with van der Waals surface area (Å²) in [5.74, 6) is -0.420. The van der Waals surface area contributed by atoms with Crippen molar-refractivity contribution in [3.05, 3.63) is 35.5 Å². The van der Waals surface area contributed by atoms with Crippen LogP contribution in [0.3, 0.4) is 0 Å². The molecular weight excluding hydrogens is 280 g/mol. The molecule has 0 saturated carbocycles. The van der Waals surface area contributed by atoms with Crippen molar-refractivity contribution in [1.82, 2.24) is 0 Å². The zero-order valence-electron chi connectivity index (χ0n) is 14.7. The summed E-state index contributed by atoms with van der Waals surface area (Å²) in [5, 5.41) is 10.9. The highest BCUT2D eigenvalue weighted by atomic mass is 16.5. The van der Waals surface area contributed by atoms with Crippen molar-refractivity contribution in [2.24, 2.45) is 5.41 Å². The SMILES string of the molecule is CC.COC(=O)/C=C(C)\C=C\C1(O)C(C)=CC(=O)CC1(C)C. The van der Waals surface area contributed by atoms with E-state index in [1.165, 1.54) is 19.3 Å². The van der Waals surface area contributed by atoms with Gasteiger partial charge in [0.2, 0.25) is 0 Å². The maximum Gasteiger partial charge on any atom is 0.330 e. The fraction of sp³-hybridized carbons (Fsp3) is 0.556. The first-order valence-corrected chi connectivity index (χ1v) is 7.52. The summed E-state index contributed by atoms with van der Waals surface area (Å²) in [6, 6.07) is 0. The van der Waals surface area contributed by atoms with Crippen molar-refractivity contribution < 1.29 is 19.4 Å². The standard InChI is InChI=1S/C16H22O4.C2H6/c1-11(8-14(18)20-5)6-7-16(19)12(2)9-13(17)10-15(16,3)4;1-2/h6-9,19H,10H2,1-5H3;1-2H3/b7-6+,11-8-;. The van der Waals surface area contributed by atoms with Crippen LogP contribution >= 0.6 is 0 Å². The van der Waals surface area contributed by atoms with Gasteiger partial charge in [-0.25, -0.2) is 4.79 Å². The van der Waals surface area contributed by atoms with Crippen molar-refractivity contribution in [2.75, 3.05) is 7.11 Å². The number of rotatable bonds is 3. The van der Waals surface area contributed by atoms with Crippen LogP contribution in [-0.4, -0.2) is 29.6 Å². The van der Waals surface area contributed by atoms with Crippen LogP contribution in [0.15, 0.2) is 35.5 Å². The molecule has 0 aromatic heterocycles. The number of carbonyl (C=O) groups excluding carboxylic acids is 2. The van der Waals surface area contributed by atoms with E-state index in [4.69, 9.17) is 0 Å². The second kappa shape index (κ2) is 8.08. The molecule has 1 atom stereocenters. The van der Waals surface area contributed by atoms with Crippen LogP contribution in [0.1, 0.15) is 48.0 Å². The fourth-order valence-corrected chi connectivity index (χ4v) is 2.41. The Bertz CT molecular complexity index is 509. The molecule has 1 unspecified atom stereocenters. The molecule has 4 heteroatoms. The van der Waals surface area contributed by atoms with E-state index < -0.39 is 17.0 Å². The summed E-state index contributed by atoms with van der Waals surface area (Å²) in [4.78, 5) is 22.8. The Hall–Kier alpha value is -1.68. The Morgan fingerprint density at radius 3 is 2.36 bits per heavy atom. The van der Waals surface area contributed by atoms with Crippen LogP contribution in [0.2, 0.25) is 0 Å². The van der Waals surface area contributed by atoms with Crippen LogP contribution in [0.5, 0.6) is 0 Å². The average molecular weight is 308 g/mol. The van der Waals surface area contributed by atoms with Gasteiger partial charge in [-0.05, 0) is 37.1 Å². The fourth-order valence-electron chi connectivity index (χ4n) is 2.41. The summed E-state index contributed by atoms with van der Waals surface area (Å²) >= 11 is 0. The van der Waals surface area contributed by atoms with Crippen molar-refractivity contribution in [3.63, 3.8) is 0 Å². The lowest BCUT2D eigenvalue weighted by Gasteiger charge is -2.43. The van der Waals surface area contributed by atoms with Crippen LogP contribution in [0.4, 0.5) is 0 Å². The third-order valence-corrected chi connectivity index (χ3v) is 3.76. The van der Waals surface area contributed by atoms with Gasteiger partial charge in [0.05, 0.1) is 7.11 Å². The van der Waals surface area contributed by atoms with Crippen molar-refractivity contribution in [3.8, 4) is 0 Å². The minimum atomic E-state index is -1.20. The maximum atomic E-state index is 11.6. The number of allylic oxidation sites excluding steroid dienone is 3. The van der Waals surface area contributed by atoms with Crippen LogP contribution < -0.4 is 0 Å². The molecule has 0 heterocycles. The molecule has 0 saturated heterocycles. The van der Waals surface area contributed by atoms with Crippen molar-refractivity contribution in [1.29, 1.82) is 0 Å². The highest BCUT2D eigenvalue weighted by Gasteiger charge is 2.46. The first-order valence-electron chi connectivity index (χ1n) is 7.52. The van der Waals surface area contributed by atoms with Gasteiger partial charge in [0.25, 0.3) is 0 Å². The first kappa shape index (κ1) is 20.3. The van der Waals surface area contributed by atoms with E-state index in [9.17, 15) is 14.7 Å². The van der Waals surface area contributed by atoms with Gasteiger partial charge in [-0.3, -0.25) is 4.79 Å². The molecule has 1 aliphatic rings. The number of carbonyl (C=O) groups is 2. The molecule has 0 fully saturated rings. The Kier molecular flexibility index (Phi) is 7.47. The number of hydrogen-bond donors (Lipinski definition) is 1. The topological polar surface area (TPSA) is 63.6 Å². The van der Waals surface area contributed by atoms with Gasteiger partial charge in [0.15, 0.2) is 5.78 Å². The number of ketones is 1. The molecule has 124 valence electrons. The van der Waals surface area contributed by atoms with E-state index in [0.717, 1.165) is 0 Å². The number of hydrogen-bond acceptors (Lipinski definition) is 4. The van der Waals surface area contributed by atoms with Gasteiger partial charge in [-0.1, -0.05) is 33.8 Å². The number of methoxy groups -OCH3 is 1. The molecule has 1 aliphatic carbocycles. The molecule has 1 N–H and O–H groups in total. The van der Waals surface area contributed by atoms with E-state index in [1.807, 2.05) is 27.7 Å². The molecular formula is C18H28O4. The zero-order valence-corrected chi connectivity index (χ0v) is 14.7. The average Bonchev–Trinajstić information content (AvgIpc) is 2.44. The Balaban J connectivity index is 0.00000211. The minimum absolute atomic E-state index is 0.0207. The number of esters is 1. The predicted molar refractivity (Wildman–Crippen MR) is 88.4 cm³/mol. The summed E-state index contributed by atoms with van der Waals surface area (Å²) in [6.45, 7) is 11.2. The van der Waals surface area contributed by atoms with E-state index in [1.54, 1.807) is 26.0 Å². The number of aliphatic hydroxyl groups is 1. The Morgan fingerprint density at radius 1 is 1.36 bits per heavy atom. The van der Waals surface area contributed by atoms with Gasteiger partial charge in [0, 0.05) is 17.9 Å². The van der Waals surface area contributed by atoms with Crippen molar-refractivity contribution in [2.45, 2.75) is 53.6 Å². The molecule has 0 spiro atoms. The number of ether oxygens (including phenoxy) is 1. The molecule has 0 aromatic carbocycles. The molecule has 0 bridgehead atoms. The van der Waals surface area contributed by atoms with Gasteiger partial charge >= 0.3 is 5.97 Å². The Morgan fingerprint density at radius 2 is 1.91 bits per heavy atom. The molecule has 0 amide bonds. The molecule has 0 aliphatic heterocycles. The Labute approximate surface area is 133 Å². The summed E-state index contributed by atoms with van der Waals surface area (Å²) in [7, 11) is 1.31. The third-order valence-electron chi connectivity index (χ3n) is 3.76. The van der Waals surface area contributed by atoms with Crippen LogP contribution in [0.25, 0.3) is 0 Å². The second-order valence-electron chi connectivity index (χ2n) is 5.87. The van der Waals surface area contributed by atoms with E-state index >= 15 is 0 Å². The van der Waals surface area contributed by atoms with Crippen molar-refractivity contribution >= 4 is 11.8 Å².